The minimum Gasteiger partial charge on any atom is -0.318 e. The molecule has 0 saturated heterocycles. The standard InChI is InChI=1S/C7H10N6/c1-7(13-5-10-11-6-13)2-12-3-8-9-4-12/h3-7H,2H2,1H3/t7-/m0/s1. The molecule has 0 fully saturated rings. The third kappa shape index (κ3) is 1.71. The van der Waals surface area contributed by atoms with E-state index < -0.39 is 0 Å². The van der Waals surface area contributed by atoms with Crippen LogP contribution in [-0.2, 0) is 6.54 Å². The van der Waals surface area contributed by atoms with Crippen LogP contribution in [-0.4, -0.2) is 29.5 Å². The summed E-state index contributed by atoms with van der Waals surface area (Å²) in [7, 11) is 0. The normalized spacial score (nSPS) is 13.0. The Bertz CT molecular complexity index is 337. The summed E-state index contributed by atoms with van der Waals surface area (Å²) in [5.41, 5.74) is 0. The van der Waals surface area contributed by atoms with E-state index in [1.54, 1.807) is 25.3 Å². The Morgan fingerprint density at radius 2 is 1.54 bits per heavy atom. The smallest absolute Gasteiger partial charge is 0.119 e. The highest BCUT2D eigenvalue weighted by Crippen LogP contribution is 2.05. The first-order chi connectivity index (χ1) is 6.36. The fourth-order valence-corrected chi connectivity index (χ4v) is 1.15. The summed E-state index contributed by atoms with van der Waals surface area (Å²) in [4.78, 5) is 0. The van der Waals surface area contributed by atoms with E-state index in [-0.39, 0.29) is 0 Å². The Morgan fingerprint density at radius 3 is 2.15 bits per heavy atom. The third-order valence-electron chi connectivity index (χ3n) is 1.89. The minimum atomic E-state index is 0.311. The summed E-state index contributed by atoms with van der Waals surface area (Å²) in [5.74, 6) is 0. The van der Waals surface area contributed by atoms with Crippen molar-refractivity contribution in [3.05, 3.63) is 25.3 Å². The highest BCUT2D eigenvalue weighted by molar-refractivity contribution is 4.71. The van der Waals surface area contributed by atoms with Gasteiger partial charge in [0.25, 0.3) is 0 Å². The van der Waals surface area contributed by atoms with Gasteiger partial charge in [0, 0.05) is 6.54 Å². The van der Waals surface area contributed by atoms with Crippen LogP contribution in [0.5, 0.6) is 0 Å². The average molecular weight is 178 g/mol. The molecular formula is C7H10N6. The van der Waals surface area contributed by atoms with Crippen LogP contribution in [0, 0.1) is 0 Å². The summed E-state index contributed by atoms with van der Waals surface area (Å²) < 4.78 is 3.87. The molecule has 2 heterocycles. The number of hydrogen-bond acceptors (Lipinski definition) is 4. The highest BCUT2D eigenvalue weighted by Gasteiger charge is 2.04. The number of hydrogen-bond donors (Lipinski definition) is 0. The van der Waals surface area contributed by atoms with E-state index in [1.165, 1.54) is 0 Å². The maximum Gasteiger partial charge on any atom is 0.119 e. The topological polar surface area (TPSA) is 61.4 Å². The molecule has 0 unspecified atom stereocenters. The SMILES string of the molecule is C[C@@H](Cn1cnnc1)n1cnnc1. The van der Waals surface area contributed by atoms with Gasteiger partial charge < -0.3 is 9.13 Å². The molecule has 0 radical (unpaired) electrons. The van der Waals surface area contributed by atoms with Gasteiger partial charge in [-0.3, -0.25) is 0 Å². The van der Waals surface area contributed by atoms with Crippen molar-refractivity contribution in [2.75, 3.05) is 0 Å². The van der Waals surface area contributed by atoms with Gasteiger partial charge in [-0.25, -0.2) is 0 Å². The maximum atomic E-state index is 3.74. The predicted molar refractivity (Wildman–Crippen MR) is 44.8 cm³/mol. The molecule has 0 aliphatic rings. The van der Waals surface area contributed by atoms with Gasteiger partial charge in [0.1, 0.15) is 25.3 Å². The molecule has 2 rings (SSSR count). The van der Waals surface area contributed by atoms with E-state index in [4.69, 9.17) is 0 Å². The van der Waals surface area contributed by atoms with E-state index in [0.717, 1.165) is 6.54 Å². The van der Waals surface area contributed by atoms with E-state index >= 15 is 0 Å². The fraction of sp³-hybridized carbons (Fsp3) is 0.429. The van der Waals surface area contributed by atoms with Gasteiger partial charge in [-0.1, -0.05) is 0 Å². The van der Waals surface area contributed by atoms with Crippen LogP contribution >= 0.6 is 0 Å². The monoisotopic (exact) mass is 178 g/mol. The number of nitrogens with zero attached hydrogens (tertiary/aromatic N) is 6. The Kier molecular flexibility index (Phi) is 2.03. The Morgan fingerprint density at radius 1 is 1.00 bits per heavy atom. The molecule has 0 saturated carbocycles. The second-order valence-corrected chi connectivity index (χ2v) is 2.92. The highest BCUT2D eigenvalue weighted by atomic mass is 15.3. The molecule has 0 amide bonds. The molecule has 0 aliphatic carbocycles. The Hall–Kier alpha value is -1.72. The average Bonchev–Trinajstić information content (AvgIpc) is 2.74. The molecule has 0 aliphatic heterocycles. The van der Waals surface area contributed by atoms with Crippen LogP contribution in [0.4, 0.5) is 0 Å². The van der Waals surface area contributed by atoms with Crippen molar-refractivity contribution in [2.24, 2.45) is 0 Å². The van der Waals surface area contributed by atoms with Crippen LogP contribution < -0.4 is 0 Å². The Labute approximate surface area is 75.2 Å². The molecule has 68 valence electrons. The van der Waals surface area contributed by atoms with Crippen LogP contribution in [0.15, 0.2) is 25.3 Å². The first-order valence-electron chi connectivity index (χ1n) is 4.03. The molecule has 1 atom stereocenters. The van der Waals surface area contributed by atoms with Crippen LogP contribution in [0.1, 0.15) is 13.0 Å². The molecule has 2 aromatic rings. The lowest BCUT2D eigenvalue weighted by Gasteiger charge is -2.11. The summed E-state index contributed by atoms with van der Waals surface area (Å²) in [6.07, 6.45) is 6.80. The quantitative estimate of drug-likeness (QED) is 0.670. The Balaban J connectivity index is 2.04. The van der Waals surface area contributed by atoms with Crippen molar-refractivity contribution in [3.63, 3.8) is 0 Å². The number of rotatable bonds is 3. The summed E-state index contributed by atoms with van der Waals surface area (Å²) in [6.45, 7) is 2.91. The molecule has 6 nitrogen and oxygen atoms in total. The second-order valence-electron chi connectivity index (χ2n) is 2.92. The van der Waals surface area contributed by atoms with Crippen LogP contribution in [0.2, 0.25) is 0 Å². The molecule has 0 bridgehead atoms. The van der Waals surface area contributed by atoms with E-state index in [2.05, 4.69) is 27.3 Å². The van der Waals surface area contributed by atoms with Gasteiger partial charge in [-0.05, 0) is 6.92 Å². The lowest BCUT2D eigenvalue weighted by atomic mass is 10.3. The van der Waals surface area contributed by atoms with Crippen molar-refractivity contribution in [2.45, 2.75) is 19.5 Å². The van der Waals surface area contributed by atoms with Crippen LogP contribution in [0.3, 0.4) is 0 Å². The van der Waals surface area contributed by atoms with Crippen molar-refractivity contribution in [3.8, 4) is 0 Å². The molecule has 0 N–H and O–H groups in total. The zero-order valence-electron chi connectivity index (χ0n) is 7.28. The van der Waals surface area contributed by atoms with E-state index in [0.29, 0.717) is 6.04 Å². The molecular weight excluding hydrogens is 168 g/mol. The zero-order valence-corrected chi connectivity index (χ0v) is 7.28. The van der Waals surface area contributed by atoms with Gasteiger partial charge in [-0.15, -0.1) is 20.4 Å². The summed E-state index contributed by atoms with van der Waals surface area (Å²) in [6, 6.07) is 0.311. The number of aromatic nitrogens is 6. The molecule has 2 aromatic heterocycles. The molecule has 6 heteroatoms. The zero-order chi connectivity index (χ0) is 9.10. The van der Waals surface area contributed by atoms with Gasteiger partial charge >= 0.3 is 0 Å². The lowest BCUT2D eigenvalue weighted by molar-refractivity contribution is 0.462. The molecule has 0 aromatic carbocycles. The predicted octanol–water partition coefficient (Wildman–Crippen LogP) is 0.131. The first kappa shape index (κ1) is 7.90. The lowest BCUT2D eigenvalue weighted by Crippen LogP contribution is -2.10. The fourth-order valence-electron chi connectivity index (χ4n) is 1.15. The molecule has 13 heavy (non-hydrogen) atoms. The third-order valence-corrected chi connectivity index (χ3v) is 1.89. The summed E-state index contributed by atoms with van der Waals surface area (Å²) in [5, 5.41) is 14.9. The van der Waals surface area contributed by atoms with Crippen molar-refractivity contribution < 1.29 is 0 Å². The minimum absolute atomic E-state index is 0.311. The van der Waals surface area contributed by atoms with Gasteiger partial charge in [0.2, 0.25) is 0 Å². The van der Waals surface area contributed by atoms with E-state index in [9.17, 15) is 0 Å². The summed E-state index contributed by atoms with van der Waals surface area (Å²) >= 11 is 0. The first-order valence-corrected chi connectivity index (χ1v) is 4.03. The van der Waals surface area contributed by atoms with Crippen molar-refractivity contribution >= 4 is 0 Å². The largest absolute Gasteiger partial charge is 0.318 e. The van der Waals surface area contributed by atoms with Gasteiger partial charge in [0.05, 0.1) is 6.04 Å². The van der Waals surface area contributed by atoms with E-state index in [1.807, 2.05) is 9.13 Å². The van der Waals surface area contributed by atoms with Gasteiger partial charge in [-0.2, -0.15) is 0 Å². The molecule has 0 spiro atoms. The van der Waals surface area contributed by atoms with Crippen molar-refractivity contribution in [1.29, 1.82) is 0 Å². The van der Waals surface area contributed by atoms with Crippen LogP contribution in [0.25, 0.3) is 0 Å². The van der Waals surface area contributed by atoms with Gasteiger partial charge in [0.15, 0.2) is 0 Å². The second kappa shape index (κ2) is 3.34. The van der Waals surface area contributed by atoms with Crippen molar-refractivity contribution in [1.82, 2.24) is 29.5 Å². The maximum absolute atomic E-state index is 3.74.